The van der Waals surface area contributed by atoms with Gasteiger partial charge in [0.15, 0.2) is 5.65 Å². The molecule has 4 rings (SSSR count). The number of benzene rings is 1. The number of aromatic nitrogens is 4. The van der Waals surface area contributed by atoms with Crippen LogP contribution in [0.5, 0.6) is 0 Å². The highest BCUT2D eigenvalue weighted by molar-refractivity contribution is 9.10. The first-order valence-corrected chi connectivity index (χ1v) is 10.1. The minimum atomic E-state index is -0.199. The van der Waals surface area contributed by atoms with Crippen molar-refractivity contribution in [3.05, 3.63) is 93.1 Å². The van der Waals surface area contributed by atoms with Crippen molar-refractivity contribution >= 4 is 27.5 Å². The summed E-state index contributed by atoms with van der Waals surface area (Å²) in [4.78, 5) is 21.5. The molecule has 3 heterocycles. The zero-order valence-corrected chi connectivity index (χ0v) is 17.8. The number of carbonyl (C=O) groups excluding carboxylic acids is 1. The maximum absolute atomic E-state index is 12.7. The molecule has 0 unspecified atom stereocenters. The van der Waals surface area contributed by atoms with Crippen molar-refractivity contribution in [1.82, 2.24) is 24.9 Å². The summed E-state index contributed by atoms with van der Waals surface area (Å²) >= 11 is 3.52. The SMILES string of the molecule is Cc1nc2c(C(=O)NCc3cccnc3)cnn2c(C)c1Cc1cccc(Br)c1. The first kappa shape index (κ1) is 19.3. The summed E-state index contributed by atoms with van der Waals surface area (Å²) in [5.74, 6) is -0.199. The topological polar surface area (TPSA) is 72.2 Å². The highest BCUT2D eigenvalue weighted by Gasteiger charge is 2.18. The summed E-state index contributed by atoms with van der Waals surface area (Å²) in [7, 11) is 0. The largest absolute Gasteiger partial charge is 0.348 e. The minimum absolute atomic E-state index is 0.199. The second-order valence-corrected chi connectivity index (χ2v) is 7.82. The van der Waals surface area contributed by atoms with Crippen LogP contribution in [0.4, 0.5) is 0 Å². The third kappa shape index (κ3) is 4.05. The van der Waals surface area contributed by atoms with Crippen LogP contribution in [0.3, 0.4) is 0 Å². The number of fused-ring (bicyclic) bond motifs is 1. The molecule has 6 nitrogen and oxygen atoms in total. The van der Waals surface area contributed by atoms with Gasteiger partial charge in [0.05, 0.1) is 6.20 Å². The number of aryl methyl sites for hydroxylation is 2. The van der Waals surface area contributed by atoms with Gasteiger partial charge in [0.25, 0.3) is 5.91 Å². The Bertz CT molecular complexity index is 1190. The summed E-state index contributed by atoms with van der Waals surface area (Å²) in [5.41, 5.74) is 6.16. The second-order valence-electron chi connectivity index (χ2n) is 6.91. The Hall–Kier alpha value is -3.06. The van der Waals surface area contributed by atoms with Crippen molar-refractivity contribution in [2.75, 3.05) is 0 Å². The fraction of sp³-hybridized carbons (Fsp3) is 0.182. The van der Waals surface area contributed by atoms with E-state index in [9.17, 15) is 4.79 Å². The van der Waals surface area contributed by atoms with E-state index in [1.807, 2.05) is 38.1 Å². The first-order valence-electron chi connectivity index (χ1n) is 9.28. The van der Waals surface area contributed by atoms with E-state index in [-0.39, 0.29) is 5.91 Å². The smallest absolute Gasteiger partial charge is 0.257 e. The molecule has 0 aliphatic heterocycles. The average molecular weight is 450 g/mol. The van der Waals surface area contributed by atoms with Gasteiger partial charge in [0.1, 0.15) is 5.56 Å². The van der Waals surface area contributed by atoms with Gasteiger partial charge in [-0.1, -0.05) is 34.1 Å². The zero-order valence-electron chi connectivity index (χ0n) is 16.2. The van der Waals surface area contributed by atoms with Gasteiger partial charge in [-0.05, 0) is 48.7 Å². The lowest BCUT2D eigenvalue weighted by molar-refractivity contribution is 0.0952. The van der Waals surface area contributed by atoms with E-state index in [4.69, 9.17) is 4.98 Å². The van der Waals surface area contributed by atoms with Crippen LogP contribution in [0.15, 0.2) is 59.5 Å². The van der Waals surface area contributed by atoms with Crippen molar-refractivity contribution in [1.29, 1.82) is 0 Å². The molecule has 0 radical (unpaired) electrons. The summed E-state index contributed by atoms with van der Waals surface area (Å²) in [6, 6.07) is 12.0. The minimum Gasteiger partial charge on any atom is -0.348 e. The Kier molecular flexibility index (Phi) is 5.40. The van der Waals surface area contributed by atoms with Gasteiger partial charge in [0.2, 0.25) is 0 Å². The molecule has 1 aromatic carbocycles. The molecule has 146 valence electrons. The van der Waals surface area contributed by atoms with Crippen LogP contribution in [0.1, 0.15) is 38.4 Å². The summed E-state index contributed by atoms with van der Waals surface area (Å²) in [6.45, 7) is 4.40. The van der Waals surface area contributed by atoms with Crippen LogP contribution in [-0.4, -0.2) is 25.5 Å². The quantitative estimate of drug-likeness (QED) is 0.499. The molecule has 3 aromatic heterocycles. The zero-order chi connectivity index (χ0) is 20.4. The Morgan fingerprint density at radius 1 is 1.14 bits per heavy atom. The number of rotatable bonds is 5. The number of halogens is 1. The van der Waals surface area contributed by atoms with E-state index in [1.54, 1.807) is 23.1 Å². The van der Waals surface area contributed by atoms with Crippen LogP contribution in [0, 0.1) is 13.8 Å². The maximum atomic E-state index is 12.7. The van der Waals surface area contributed by atoms with Gasteiger partial charge >= 0.3 is 0 Å². The van der Waals surface area contributed by atoms with Crippen molar-refractivity contribution < 1.29 is 4.79 Å². The van der Waals surface area contributed by atoms with E-state index in [1.165, 1.54) is 5.56 Å². The molecule has 0 saturated heterocycles. The fourth-order valence-electron chi connectivity index (χ4n) is 3.36. The Morgan fingerprint density at radius 3 is 2.72 bits per heavy atom. The van der Waals surface area contributed by atoms with Gasteiger partial charge in [-0.15, -0.1) is 0 Å². The third-order valence-corrected chi connectivity index (χ3v) is 5.39. The lowest BCUT2D eigenvalue weighted by Gasteiger charge is -2.12. The molecule has 29 heavy (non-hydrogen) atoms. The van der Waals surface area contributed by atoms with Crippen molar-refractivity contribution in [2.24, 2.45) is 0 Å². The number of nitrogens with one attached hydrogen (secondary N) is 1. The molecule has 1 N–H and O–H groups in total. The highest BCUT2D eigenvalue weighted by atomic mass is 79.9. The lowest BCUT2D eigenvalue weighted by Crippen LogP contribution is -2.23. The second kappa shape index (κ2) is 8.13. The molecule has 0 aliphatic rings. The average Bonchev–Trinajstić information content (AvgIpc) is 3.14. The Labute approximate surface area is 177 Å². The van der Waals surface area contributed by atoms with E-state index >= 15 is 0 Å². The monoisotopic (exact) mass is 449 g/mol. The molecule has 0 aliphatic carbocycles. The number of hydrogen-bond acceptors (Lipinski definition) is 4. The highest BCUT2D eigenvalue weighted by Crippen LogP contribution is 2.22. The Morgan fingerprint density at radius 2 is 1.97 bits per heavy atom. The number of pyridine rings is 1. The molecular formula is C22H20BrN5O. The first-order chi connectivity index (χ1) is 14.0. The summed E-state index contributed by atoms with van der Waals surface area (Å²) in [5, 5.41) is 7.34. The van der Waals surface area contributed by atoms with Gasteiger partial charge in [-0.25, -0.2) is 9.50 Å². The summed E-state index contributed by atoms with van der Waals surface area (Å²) < 4.78 is 2.80. The van der Waals surface area contributed by atoms with Crippen molar-refractivity contribution in [3.63, 3.8) is 0 Å². The predicted molar refractivity (Wildman–Crippen MR) is 115 cm³/mol. The molecule has 4 aromatic rings. The number of nitrogens with zero attached hydrogens (tertiary/aromatic N) is 4. The summed E-state index contributed by atoms with van der Waals surface area (Å²) in [6.07, 6.45) is 5.77. The molecular weight excluding hydrogens is 430 g/mol. The molecule has 7 heteroatoms. The number of carbonyl (C=O) groups is 1. The molecule has 0 bridgehead atoms. The molecule has 0 saturated carbocycles. The molecule has 0 spiro atoms. The fourth-order valence-corrected chi connectivity index (χ4v) is 3.80. The molecule has 0 fully saturated rings. The predicted octanol–water partition coefficient (Wildman–Crippen LogP) is 4.02. The maximum Gasteiger partial charge on any atom is 0.257 e. The van der Waals surface area contributed by atoms with Gasteiger partial charge < -0.3 is 5.32 Å². The standard InChI is InChI=1S/C22H20BrN5O/c1-14-19(10-16-5-3-7-18(23)9-16)15(2)28-21(27-14)20(13-26-28)22(29)25-12-17-6-4-8-24-11-17/h3-9,11,13H,10,12H2,1-2H3,(H,25,29). The van der Waals surface area contributed by atoms with Crippen LogP contribution in [-0.2, 0) is 13.0 Å². The van der Waals surface area contributed by atoms with Gasteiger partial charge in [-0.2, -0.15) is 5.10 Å². The van der Waals surface area contributed by atoms with Crippen LogP contribution >= 0.6 is 15.9 Å². The van der Waals surface area contributed by atoms with E-state index in [0.29, 0.717) is 17.8 Å². The molecule has 1 amide bonds. The van der Waals surface area contributed by atoms with Gasteiger partial charge in [-0.3, -0.25) is 9.78 Å². The van der Waals surface area contributed by atoms with Crippen molar-refractivity contribution in [2.45, 2.75) is 26.8 Å². The number of amides is 1. The number of hydrogen-bond donors (Lipinski definition) is 1. The van der Waals surface area contributed by atoms with Crippen LogP contribution in [0.25, 0.3) is 5.65 Å². The van der Waals surface area contributed by atoms with Gasteiger partial charge in [0, 0.05) is 41.2 Å². The molecule has 0 atom stereocenters. The lowest BCUT2D eigenvalue weighted by atomic mass is 10.0. The normalized spacial score (nSPS) is 11.0. The van der Waals surface area contributed by atoms with E-state index in [0.717, 1.165) is 33.4 Å². The third-order valence-electron chi connectivity index (χ3n) is 4.90. The van der Waals surface area contributed by atoms with Crippen LogP contribution in [0.2, 0.25) is 0 Å². The van der Waals surface area contributed by atoms with E-state index in [2.05, 4.69) is 43.5 Å². The Balaban J connectivity index is 1.62. The van der Waals surface area contributed by atoms with Crippen molar-refractivity contribution in [3.8, 4) is 0 Å². The van der Waals surface area contributed by atoms with E-state index < -0.39 is 0 Å². The van der Waals surface area contributed by atoms with Crippen LogP contribution < -0.4 is 5.32 Å².